The third-order valence-corrected chi connectivity index (χ3v) is 2.75. The number of carbonyl (C=O) groups is 1. The maximum Gasteiger partial charge on any atom is 0.305 e. The van der Waals surface area contributed by atoms with Crippen LogP contribution in [-0.4, -0.2) is 30.3 Å². The minimum absolute atomic E-state index is 0.0423. The van der Waals surface area contributed by atoms with Crippen LogP contribution in [0, 0.1) is 0 Å². The summed E-state index contributed by atoms with van der Waals surface area (Å²) in [6.07, 6.45) is 0.278. The molecule has 0 bridgehead atoms. The molecule has 100 valence electrons. The first-order valence-corrected chi connectivity index (χ1v) is 6.11. The molecule has 1 aromatic carbocycles. The molecule has 1 rings (SSSR count). The number of rotatable bonds is 6. The van der Waals surface area contributed by atoms with Crippen molar-refractivity contribution in [1.29, 1.82) is 0 Å². The first-order chi connectivity index (χ1) is 8.40. The van der Waals surface area contributed by atoms with E-state index in [-0.39, 0.29) is 18.6 Å². The zero-order valence-corrected chi connectivity index (χ0v) is 11.4. The zero-order chi connectivity index (χ0) is 13.7. The van der Waals surface area contributed by atoms with Gasteiger partial charge in [0.2, 0.25) is 0 Å². The van der Waals surface area contributed by atoms with Crippen LogP contribution in [0.4, 0.5) is 5.69 Å². The summed E-state index contributed by atoms with van der Waals surface area (Å²) in [6.45, 7) is 5.86. The molecule has 1 unspecified atom stereocenters. The predicted octanol–water partition coefficient (Wildman–Crippen LogP) is 2.77. The Labute approximate surface area is 108 Å². The molecule has 1 N–H and O–H groups in total. The number of carboxylic acids is 1. The zero-order valence-electron chi connectivity index (χ0n) is 11.4. The second kappa shape index (κ2) is 6.28. The topological polar surface area (TPSA) is 49.8 Å². The number of ether oxygens (including phenoxy) is 1. The van der Waals surface area contributed by atoms with Gasteiger partial charge in [0.15, 0.2) is 0 Å². The van der Waals surface area contributed by atoms with Crippen molar-refractivity contribution in [1.82, 2.24) is 0 Å². The summed E-state index contributed by atoms with van der Waals surface area (Å²) in [7, 11) is 1.89. The van der Waals surface area contributed by atoms with Crippen molar-refractivity contribution in [3.63, 3.8) is 0 Å². The van der Waals surface area contributed by atoms with Gasteiger partial charge in [0.25, 0.3) is 0 Å². The molecule has 0 spiro atoms. The van der Waals surface area contributed by atoms with Crippen LogP contribution in [0.5, 0.6) is 5.75 Å². The van der Waals surface area contributed by atoms with E-state index in [1.165, 1.54) is 0 Å². The van der Waals surface area contributed by atoms with E-state index in [1.54, 1.807) is 0 Å². The number of aliphatic carboxylic acids is 1. The highest BCUT2D eigenvalue weighted by atomic mass is 16.5. The van der Waals surface area contributed by atoms with Crippen molar-refractivity contribution in [3.05, 3.63) is 24.3 Å². The Hall–Kier alpha value is -1.71. The summed E-state index contributed by atoms with van der Waals surface area (Å²) in [6, 6.07) is 7.64. The van der Waals surface area contributed by atoms with Crippen LogP contribution in [0.1, 0.15) is 27.2 Å². The Morgan fingerprint density at radius 1 is 1.28 bits per heavy atom. The second-order valence-electron chi connectivity index (χ2n) is 4.72. The SMILES string of the molecule is CC(C)Oc1ccc(N(C)C(C)CC(=O)O)cc1. The van der Waals surface area contributed by atoms with Crippen molar-refractivity contribution >= 4 is 11.7 Å². The fourth-order valence-electron chi connectivity index (χ4n) is 1.68. The van der Waals surface area contributed by atoms with Gasteiger partial charge in [-0.2, -0.15) is 0 Å². The minimum Gasteiger partial charge on any atom is -0.491 e. The van der Waals surface area contributed by atoms with Gasteiger partial charge in [0.05, 0.1) is 12.5 Å². The first-order valence-electron chi connectivity index (χ1n) is 6.11. The van der Waals surface area contributed by atoms with Crippen LogP contribution in [-0.2, 0) is 4.79 Å². The fraction of sp³-hybridized carbons (Fsp3) is 0.500. The van der Waals surface area contributed by atoms with E-state index in [0.29, 0.717) is 0 Å². The quantitative estimate of drug-likeness (QED) is 0.844. The van der Waals surface area contributed by atoms with Crippen molar-refractivity contribution in [2.45, 2.75) is 39.3 Å². The van der Waals surface area contributed by atoms with Crippen LogP contribution in [0.15, 0.2) is 24.3 Å². The lowest BCUT2D eigenvalue weighted by Crippen LogP contribution is -2.30. The standard InChI is InChI=1S/C14H21NO3/c1-10(2)18-13-7-5-12(6-8-13)15(4)11(3)9-14(16)17/h5-8,10-11H,9H2,1-4H3,(H,16,17). The van der Waals surface area contributed by atoms with Crippen molar-refractivity contribution < 1.29 is 14.6 Å². The first kappa shape index (κ1) is 14.4. The average molecular weight is 251 g/mol. The van der Waals surface area contributed by atoms with Crippen LogP contribution in [0.25, 0.3) is 0 Å². The lowest BCUT2D eigenvalue weighted by molar-refractivity contribution is -0.137. The monoisotopic (exact) mass is 251 g/mol. The van der Waals surface area contributed by atoms with Crippen LogP contribution >= 0.6 is 0 Å². The van der Waals surface area contributed by atoms with E-state index in [9.17, 15) is 4.79 Å². The molecular weight excluding hydrogens is 230 g/mol. The summed E-state index contributed by atoms with van der Waals surface area (Å²) in [4.78, 5) is 12.6. The van der Waals surface area contributed by atoms with E-state index in [4.69, 9.17) is 9.84 Å². The Balaban J connectivity index is 2.69. The lowest BCUT2D eigenvalue weighted by Gasteiger charge is -2.26. The molecule has 1 aromatic rings. The number of hydrogen-bond donors (Lipinski definition) is 1. The summed E-state index contributed by atoms with van der Waals surface area (Å²) < 4.78 is 5.56. The summed E-state index contributed by atoms with van der Waals surface area (Å²) >= 11 is 0. The number of benzene rings is 1. The molecular formula is C14H21NO3. The summed E-state index contributed by atoms with van der Waals surface area (Å²) in [5.74, 6) is 0.0437. The van der Waals surface area contributed by atoms with Gasteiger partial charge in [-0.05, 0) is 45.0 Å². The molecule has 4 heteroatoms. The molecule has 0 aliphatic carbocycles. The number of carboxylic acid groups (broad SMARTS) is 1. The molecule has 1 atom stereocenters. The maximum atomic E-state index is 10.7. The molecule has 0 aliphatic rings. The van der Waals surface area contributed by atoms with Crippen molar-refractivity contribution in [2.75, 3.05) is 11.9 Å². The van der Waals surface area contributed by atoms with Crippen LogP contribution < -0.4 is 9.64 Å². The largest absolute Gasteiger partial charge is 0.491 e. The van der Waals surface area contributed by atoms with Gasteiger partial charge in [-0.3, -0.25) is 4.79 Å². The number of anilines is 1. The third-order valence-electron chi connectivity index (χ3n) is 2.75. The fourth-order valence-corrected chi connectivity index (χ4v) is 1.68. The average Bonchev–Trinajstić information content (AvgIpc) is 2.27. The van der Waals surface area contributed by atoms with Crippen LogP contribution in [0.2, 0.25) is 0 Å². The summed E-state index contributed by atoms with van der Waals surface area (Å²) in [5, 5.41) is 8.78. The normalized spacial score (nSPS) is 12.3. The highest BCUT2D eigenvalue weighted by Gasteiger charge is 2.13. The van der Waals surface area contributed by atoms with E-state index < -0.39 is 5.97 Å². The number of hydrogen-bond acceptors (Lipinski definition) is 3. The predicted molar refractivity (Wildman–Crippen MR) is 72.3 cm³/mol. The molecule has 0 saturated heterocycles. The van der Waals surface area contributed by atoms with Crippen molar-refractivity contribution in [3.8, 4) is 5.75 Å². The third kappa shape index (κ3) is 4.28. The van der Waals surface area contributed by atoms with Gasteiger partial charge >= 0.3 is 5.97 Å². The maximum absolute atomic E-state index is 10.7. The second-order valence-corrected chi connectivity index (χ2v) is 4.72. The van der Waals surface area contributed by atoms with Gasteiger partial charge in [0.1, 0.15) is 5.75 Å². The molecule has 0 aliphatic heterocycles. The highest BCUT2D eigenvalue weighted by Crippen LogP contribution is 2.21. The molecule has 0 amide bonds. The van der Waals surface area contributed by atoms with E-state index in [0.717, 1.165) is 11.4 Å². The molecule has 0 fully saturated rings. The Morgan fingerprint density at radius 2 is 1.83 bits per heavy atom. The lowest BCUT2D eigenvalue weighted by atomic mass is 10.2. The highest BCUT2D eigenvalue weighted by molar-refractivity contribution is 5.68. The molecule has 0 aromatic heterocycles. The molecule has 0 heterocycles. The molecule has 0 radical (unpaired) electrons. The Bertz CT molecular complexity index is 387. The van der Waals surface area contributed by atoms with Gasteiger partial charge < -0.3 is 14.7 Å². The number of nitrogens with zero attached hydrogens (tertiary/aromatic N) is 1. The molecule has 4 nitrogen and oxygen atoms in total. The smallest absolute Gasteiger partial charge is 0.305 e. The molecule has 0 saturated carbocycles. The van der Waals surface area contributed by atoms with Gasteiger partial charge in [-0.1, -0.05) is 0 Å². The van der Waals surface area contributed by atoms with Gasteiger partial charge in [-0.15, -0.1) is 0 Å². The van der Waals surface area contributed by atoms with E-state index >= 15 is 0 Å². The van der Waals surface area contributed by atoms with E-state index in [1.807, 2.05) is 57.0 Å². The van der Waals surface area contributed by atoms with Gasteiger partial charge in [0, 0.05) is 18.8 Å². The minimum atomic E-state index is -0.783. The van der Waals surface area contributed by atoms with Crippen molar-refractivity contribution in [2.24, 2.45) is 0 Å². The molecule has 18 heavy (non-hydrogen) atoms. The van der Waals surface area contributed by atoms with E-state index in [2.05, 4.69) is 0 Å². The van der Waals surface area contributed by atoms with Crippen LogP contribution in [0.3, 0.4) is 0 Å². The Kier molecular flexibility index (Phi) is 5.01. The Morgan fingerprint density at radius 3 is 2.28 bits per heavy atom. The summed E-state index contributed by atoms with van der Waals surface area (Å²) in [5.41, 5.74) is 0.986. The van der Waals surface area contributed by atoms with Gasteiger partial charge in [-0.25, -0.2) is 0 Å².